The van der Waals surface area contributed by atoms with Crippen LogP contribution in [0, 0.1) is 0 Å². The molecule has 1 aromatic carbocycles. The van der Waals surface area contributed by atoms with Crippen molar-refractivity contribution in [1.29, 1.82) is 0 Å². The molecule has 1 saturated carbocycles. The van der Waals surface area contributed by atoms with Crippen LogP contribution in [0.4, 0.5) is 0 Å². The second kappa shape index (κ2) is 7.96. The van der Waals surface area contributed by atoms with Crippen molar-refractivity contribution < 1.29 is 4.79 Å². The van der Waals surface area contributed by atoms with Crippen LogP contribution in [0.2, 0.25) is 5.02 Å². The highest BCUT2D eigenvalue weighted by molar-refractivity contribution is 6.30. The molecule has 1 amide bonds. The van der Waals surface area contributed by atoms with Gasteiger partial charge in [-0.3, -0.25) is 4.79 Å². The number of carbonyl (C=O) groups excluding carboxylic acids is 1. The monoisotopic (exact) mass is 383 g/mol. The van der Waals surface area contributed by atoms with Crippen molar-refractivity contribution in [3.05, 3.63) is 65.1 Å². The second-order valence-electron chi connectivity index (χ2n) is 6.95. The molecule has 2 heterocycles. The van der Waals surface area contributed by atoms with Gasteiger partial charge < -0.3 is 9.88 Å². The number of carbonyl (C=O) groups is 1. The lowest BCUT2D eigenvalue weighted by atomic mass is 9.95. The molecule has 0 aliphatic heterocycles. The first-order valence-electron chi connectivity index (χ1n) is 9.33. The summed E-state index contributed by atoms with van der Waals surface area (Å²) in [4.78, 5) is 12.9. The molecule has 2 aromatic heterocycles. The fourth-order valence-electron chi connectivity index (χ4n) is 3.60. The first kappa shape index (κ1) is 17.8. The predicted octanol–water partition coefficient (Wildman–Crippen LogP) is 3.83. The summed E-state index contributed by atoms with van der Waals surface area (Å²) in [6.45, 7) is 0.484. The van der Waals surface area contributed by atoms with Crippen molar-refractivity contribution in [3.8, 4) is 5.82 Å². The van der Waals surface area contributed by atoms with Gasteiger partial charge >= 0.3 is 0 Å². The van der Waals surface area contributed by atoms with Crippen molar-refractivity contribution in [1.82, 2.24) is 24.9 Å². The largest absolute Gasteiger partial charge is 0.348 e. The Morgan fingerprint density at radius 1 is 1.15 bits per heavy atom. The highest BCUT2D eigenvalue weighted by Crippen LogP contribution is 2.20. The summed E-state index contributed by atoms with van der Waals surface area (Å²) in [5, 5.41) is 12.3. The van der Waals surface area contributed by atoms with Gasteiger partial charge in [0.05, 0.1) is 6.54 Å². The van der Waals surface area contributed by atoms with E-state index in [-0.39, 0.29) is 11.9 Å². The number of hydrogen-bond acceptors (Lipinski definition) is 3. The van der Waals surface area contributed by atoms with Gasteiger partial charge in [-0.1, -0.05) is 48.2 Å². The topological polar surface area (TPSA) is 64.7 Å². The molecular weight excluding hydrogens is 362 g/mol. The zero-order chi connectivity index (χ0) is 18.6. The van der Waals surface area contributed by atoms with Gasteiger partial charge in [-0.25, -0.2) is 4.68 Å². The normalized spacial score (nSPS) is 15.0. The maximum absolute atomic E-state index is 12.9. The molecule has 1 N–H and O–H groups in total. The molecule has 0 saturated heterocycles. The summed E-state index contributed by atoms with van der Waals surface area (Å²) in [5.74, 6) is 0.497. The summed E-state index contributed by atoms with van der Waals surface area (Å²) in [6, 6.07) is 11.7. The van der Waals surface area contributed by atoms with E-state index in [0.717, 1.165) is 31.2 Å². The summed E-state index contributed by atoms with van der Waals surface area (Å²) < 4.78 is 3.61. The fraction of sp³-hybridized carbons (Fsp3) is 0.350. The van der Waals surface area contributed by atoms with E-state index in [0.29, 0.717) is 23.1 Å². The molecule has 3 aromatic rings. The highest BCUT2D eigenvalue weighted by Gasteiger charge is 2.24. The second-order valence-corrected chi connectivity index (χ2v) is 7.38. The van der Waals surface area contributed by atoms with Gasteiger partial charge in [0.2, 0.25) is 0 Å². The van der Waals surface area contributed by atoms with Gasteiger partial charge in [0.15, 0.2) is 11.5 Å². The molecule has 27 heavy (non-hydrogen) atoms. The van der Waals surface area contributed by atoms with Crippen molar-refractivity contribution >= 4 is 17.5 Å². The fourth-order valence-corrected chi connectivity index (χ4v) is 3.81. The van der Waals surface area contributed by atoms with Crippen molar-refractivity contribution in [3.63, 3.8) is 0 Å². The summed E-state index contributed by atoms with van der Waals surface area (Å²) >= 11 is 6.10. The molecule has 6 nitrogen and oxygen atoms in total. The van der Waals surface area contributed by atoms with Crippen LogP contribution in [-0.4, -0.2) is 31.5 Å². The maximum atomic E-state index is 12.9. The van der Waals surface area contributed by atoms with Crippen molar-refractivity contribution in [2.45, 2.75) is 44.7 Å². The quantitative estimate of drug-likeness (QED) is 0.728. The zero-order valence-electron chi connectivity index (χ0n) is 15.0. The third kappa shape index (κ3) is 4.06. The van der Waals surface area contributed by atoms with E-state index in [1.165, 1.54) is 6.42 Å². The van der Waals surface area contributed by atoms with E-state index < -0.39 is 0 Å². The third-order valence-corrected chi connectivity index (χ3v) is 5.17. The van der Waals surface area contributed by atoms with Crippen LogP contribution in [0.15, 0.2) is 48.8 Å². The Morgan fingerprint density at radius 3 is 2.67 bits per heavy atom. The summed E-state index contributed by atoms with van der Waals surface area (Å²) in [6.07, 6.45) is 9.42. The Labute approximate surface area is 163 Å². The van der Waals surface area contributed by atoms with E-state index in [2.05, 4.69) is 15.6 Å². The minimum absolute atomic E-state index is 0.164. The third-order valence-electron chi connectivity index (χ3n) is 4.93. The van der Waals surface area contributed by atoms with Crippen LogP contribution in [0.25, 0.3) is 5.82 Å². The number of amides is 1. The Kier molecular flexibility index (Phi) is 5.25. The molecule has 0 unspecified atom stereocenters. The average molecular weight is 384 g/mol. The highest BCUT2D eigenvalue weighted by atomic mass is 35.5. The van der Waals surface area contributed by atoms with Crippen LogP contribution in [-0.2, 0) is 6.54 Å². The van der Waals surface area contributed by atoms with Gasteiger partial charge in [-0.2, -0.15) is 0 Å². The molecule has 140 valence electrons. The van der Waals surface area contributed by atoms with Gasteiger partial charge in [0.25, 0.3) is 5.91 Å². The molecule has 0 bridgehead atoms. The van der Waals surface area contributed by atoms with E-state index in [1.54, 1.807) is 4.68 Å². The Bertz CT molecular complexity index is 912. The van der Waals surface area contributed by atoms with Gasteiger partial charge in [0, 0.05) is 23.5 Å². The zero-order valence-corrected chi connectivity index (χ0v) is 15.8. The number of nitrogens with one attached hydrogen (secondary N) is 1. The molecule has 1 aliphatic rings. The lowest BCUT2D eigenvalue weighted by Crippen LogP contribution is -2.36. The number of benzene rings is 1. The number of hydrogen-bond donors (Lipinski definition) is 1. The van der Waals surface area contributed by atoms with Gasteiger partial charge in [0.1, 0.15) is 0 Å². The van der Waals surface area contributed by atoms with E-state index in [9.17, 15) is 4.79 Å². The predicted molar refractivity (Wildman–Crippen MR) is 104 cm³/mol. The number of aromatic nitrogens is 4. The SMILES string of the molecule is O=C(NC1CCCCC1)c1nnn(Cc2cccc(Cl)c2)c1-n1cccc1. The Morgan fingerprint density at radius 2 is 1.93 bits per heavy atom. The molecule has 7 heteroatoms. The van der Waals surface area contributed by atoms with Crippen LogP contribution in [0.3, 0.4) is 0 Å². The van der Waals surface area contributed by atoms with Gasteiger partial charge in [-0.15, -0.1) is 5.10 Å². The molecular formula is C20H22ClN5O. The Hall–Kier alpha value is -2.60. The lowest BCUT2D eigenvalue weighted by Gasteiger charge is -2.22. The van der Waals surface area contributed by atoms with Crippen LogP contribution >= 0.6 is 11.6 Å². The molecule has 1 fully saturated rings. The molecule has 0 atom stereocenters. The average Bonchev–Trinajstić information content (AvgIpc) is 3.32. The van der Waals surface area contributed by atoms with Crippen LogP contribution in [0.5, 0.6) is 0 Å². The Balaban J connectivity index is 1.63. The number of nitrogens with zero attached hydrogens (tertiary/aromatic N) is 4. The standard InChI is InChI=1S/C20H22ClN5O/c21-16-8-6-7-15(13-16)14-26-20(25-11-4-5-12-25)18(23-24-26)19(27)22-17-9-2-1-3-10-17/h4-8,11-13,17H,1-3,9-10,14H2,(H,22,27). The van der Waals surface area contributed by atoms with Crippen LogP contribution < -0.4 is 5.32 Å². The van der Waals surface area contributed by atoms with E-state index in [4.69, 9.17) is 11.6 Å². The van der Waals surface area contributed by atoms with E-state index in [1.807, 2.05) is 53.4 Å². The van der Waals surface area contributed by atoms with Crippen molar-refractivity contribution in [2.24, 2.45) is 0 Å². The summed E-state index contributed by atoms with van der Waals surface area (Å²) in [7, 11) is 0. The lowest BCUT2D eigenvalue weighted by molar-refractivity contribution is 0.0922. The molecule has 4 rings (SSSR count). The molecule has 1 aliphatic carbocycles. The van der Waals surface area contributed by atoms with Gasteiger partial charge in [-0.05, 0) is 42.7 Å². The van der Waals surface area contributed by atoms with E-state index >= 15 is 0 Å². The summed E-state index contributed by atoms with van der Waals surface area (Å²) in [5.41, 5.74) is 1.35. The smallest absolute Gasteiger partial charge is 0.275 e. The first-order valence-corrected chi connectivity index (χ1v) is 9.70. The maximum Gasteiger partial charge on any atom is 0.275 e. The van der Waals surface area contributed by atoms with Crippen LogP contribution in [0.1, 0.15) is 48.2 Å². The minimum atomic E-state index is -0.164. The first-order chi connectivity index (χ1) is 13.2. The molecule has 0 radical (unpaired) electrons. The molecule has 0 spiro atoms. The number of halogens is 1. The minimum Gasteiger partial charge on any atom is -0.348 e. The van der Waals surface area contributed by atoms with Crippen molar-refractivity contribution in [2.75, 3.05) is 0 Å². The number of rotatable bonds is 5.